The molecule has 1 aliphatic rings. The second kappa shape index (κ2) is 6.29. The fourth-order valence-electron chi connectivity index (χ4n) is 2.11. The Morgan fingerprint density at radius 3 is 2.80 bits per heavy atom. The van der Waals surface area contributed by atoms with Gasteiger partial charge < -0.3 is 10.6 Å². The number of rotatable bonds is 4. The SMILES string of the molecule is CC(=O)Nc1ccccc1CNC1CCC(=O)NC1=O. The van der Waals surface area contributed by atoms with E-state index in [1.165, 1.54) is 6.92 Å². The predicted molar refractivity (Wildman–Crippen MR) is 73.8 cm³/mol. The first kappa shape index (κ1) is 14.2. The highest BCUT2D eigenvalue weighted by molar-refractivity contribution is 6.00. The predicted octanol–water partition coefficient (Wildman–Crippen LogP) is 0.540. The van der Waals surface area contributed by atoms with Gasteiger partial charge in [-0.05, 0) is 18.1 Å². The summed E-state index contributed by atoms with van der Waals surface area (Å²) < 4.78 is 0. The Bertz CT molecular complexity index is 542. The molecule has 3 amide bonds. The molecule has 20 heavy (non-hydrogen) atoms. The first-order valence-electron chi connectivity index (χ1n) is 6.49. The quantitative estimate of drug-likeness (QED) is 0.700. The zero-order chi connectivity index (χ0) is 14.5. The van der Waals surface area contributed by atoms with Gasteiger partial charge in [0, 0.05) is 25.6 Å². The highest BCUT2D eigenvalue weighted by atomic mass is 16.2. The monoisotopic (exact) mass is 275 g/mol. The summed E-state index contributed by atoms with van der Waals surface area (Å²) in [6.45, 7) is 1.90. The topological polar surface area (TPSA) is 87.3 Å². The van der Waals surface area contributed by atoms with Crippen LogP contribution in [0.4, 0.5) is 5.69 Å². The average Bonchev–Trinajstić information content (AvgIpc) is 2.39. The van der Waals surface area contributed by atoms with E-state index in [0.29, 0.717) is 19.4 Å². The van der Waals surface area contributed by atoms with Crippen LogP contribution in [-0.2, 0) is 20.9 Å². The Morgan fingerprint density at radius 2 is 2.10 bits per heavy atom. The molecule has 1 aliphatic heterocycles. The molecule has 1 unspecified atom stereocenters. The van der Waals surface area contributed by atoms with Crippen molar-refractivity contribution in [3.05, 3.63) is 29.8 Å². The van der Waals surface area contributed by atoms with Gasteiger partial charge >= 0.3 is 0 Å². The summed E-state index contributed by atoms with van der Waals surface area (Å²) in [6, 6.07) is 7.01. The van der Waals surface area contributed by atoms with E-state index in [1.54, 1.807) is 0 Å². The normalized spacial score (nSPS) is 18.6. The van der Waals surface area contributed by atoms with Crippen LogP contribution in [0, 0.1) is 0 Å². The molecule has 1 heterocycles. The summed E-state index contributed by atoms with van der Waals surface area (Å²) in [5.41, 5.74) is 1.62. The summed E-state index contributed by atoms with van der Waals surface area (Å²) in [7, 11) is 0. The molecule has 0 radical (unpaired) electrons. The van der Waals surface area contributed by atoms with Gasteiger partial charge in [0.05, 0.1) is 6.04 Å². The lowest BCUT2D eigenvalue weighted by Gasteiger charge is -2.22. The van der Waals surface area contributed by atoms with Crippen LogP contribution < -0.4 is 16.0 Å². The average molecular weight is 275 g/mol. The molecular weight excluding hydrogens is 258 g/mol. The third-order valence-corrected chi connectivity index (χ3v) is 3.11. The molecule has 0 saturated carbocycles. The van der Waals surface area contributed by atoms with E-state index in [-0.39, 0.29) is 23.8 Å². The number of anilines is 1. The van der Waals surface area contributed by atoms with E-state index in [4.69, 9.17) is 0 Å². The van der Waals surface area contributed by atoms with Crippen LogP contribution in [0.25, 0.3) is 0 Å². The van der Waals surface area contributed by atoms with Crippen molar-refractivity contribution in [3.8, 4) is 0 Å². The number of carbonyl (C=O) groups excluding carboxylic acids is 3. The van der Waals surface area contributed by atoms with Gasteiger partial charge in [-0.25, -0.2) is 0 Å². The van der Waals surface area contributed by atoms with Gasteiger partial charge in [0.15, 0.2) is 0 Å². The van der Waals surface area contributed by atoms with E-state index in [9.17, 15) is 14.4 Å². The molecule has 1 atom stereocenters. The number of imide groups is 1. The standard InChI is InChI=1S/C14H17N3O3/c1-9(18)16-11-5-3-2-4-10(11)8-15-12-6-7-13(19)17-14(12)20/h2-5,12,15H,6-8H2,1H3,(H,16,18)(H,17,19,20). The van der Waals surface area contributed by atoms with Crippen molar-refractivity contribution in [1.29, 1.82) is 0 Å². The maximum absolute atomic E-state index is 11.6. The van der Waals surface area contributed by atoms with Crippen LogP contribution in [0.1, 0.15) is 25.3 Å². The number of benzene rings is 1. The molecule has 1 fully saturated rings. The first-order chi connectivity index (χ1) is 9.56. The zero-order valence-electron chi connectivity index (χ0n) is 11.2. The minimum absolute atomic E-state index is 0.140. The minimum atomic E-state index is -0.377. The molecule has 0 spiro atoms. The molecule has 1 aromatic carbocycles. The molecule has 6 heteroatoms. The van der Waals surface area contributed by atoms with Gasteiger partial charge in [-0.1, -0.05) is 18.2 Å². The molecular formula is C14H17N3O3. The molecule has 3 N–H and O–H groups in total. The van der Waals surface area contributed by atoms with Gasteiger partial charge in [0.25, 0.3) is 0 Å². The third kappa shape index (κ3) is 3.64. The fourth-order valence-corrected chi connectivity index (χ4v) is 2.11. The summed E-state index contributed by atoms with van der Waals surface area (Å²) in [4.78, 5) is 33.8. The number of piperidine rings is 1. The molecule has 1 saturated heterocycles. The van der Waals surface area contributed by atoms with Crippen molar-refractivity contribution in [2.45, 2.75) is 32.4 Å². The molecule has 0 aliphatic carbocycles. The van der Waals surface area contributed by atoms with Crippen LogP contribution in [0.3, 0.4) is 0 Å². The minimum Gasteiger partial charge on any atom is -0.326 e. The zero-order valence-corrected chi connectivity index (χ0v) is 11.2. The highest BCUT2D eigenvalue weighted by Crippen LogP contribution is 2.15. The number of amides is 3. The van der Waals surface area contributed by atoms with Crippen molar-refractivity contribution < 1.29 is 14.4 Å². The number of carbonyl (C=O) groups is 3. The number of hydrogen-bond donors (Lipinski definition) is 3. The van der Waals surface area contributed by atoms with Gasteiger partial charge in [-0.2, -0.15) is 0 Å². The summed E-state index contributed by atoms with van der Waals surface area (Å²) in [5.74, 6) is -0.664. The van der Waals surface area contributed by atoms with Crippen molar-refractivity contribution in [2.24, 2.45) is 0 Å². The Balaban J connectivity index is 1.98. The maximum Gasteiger partial charge on any atom is 0.243 e. The first-order valence-corrected chi connectivity index (χ1v) is 6.49. The fraction of sp³-hybridized carbons (Fsp3) is 0.357. The molecule has 0 aromatic heterocycles. The highest BCUT2D eigenvalue weighted by Gasteiger charge is 2.25. The van der Waals surface area contributed by atoms with Crippen LogP contribution in [-0.4, -0.2) is 23.8 Å². The lowest BCUT2D eigenvalue weighted by Crippen LogP contribution is -2.50. The lowest BCUT2D eigenvalue weighted by molar-refractivity contribution is -0.134. The second-order valence-electron chi connectivity index (χ2n) is 4.72. The van der Waals surface area contributed by atoms with E-state index < -0.39 is 0 Å². The third-order valence-electron chi connectivity index (χ3n) is 3.11. The van der Waals surface area contributed by atoms with Crippen molar-refractivity contribution in [3.63, 3.8) is 0 Å². The second-order valence-corrected chi connectivity index (χ2v) is 4.72. The number of hydrogen-bond acceptors (Lipinski definition) is 4. The number of nitrogens with one attached hydrogen (secondary N) is 3. The van der Waals surface area contributed by atoms with E-state index in [0.717, 1.165) is 11.3 Å². The van der Waals surface area contributed by atoms with Gasteiger partial charge in [0.1, 0.15) is 0 Å². The Labute approximate surface area is 116 Å². The Morgan fingerprint density at radius 1 is 1.35 bits per heavy atom. The van der Waals surface area contributed by atoms with Gasteiger partial charge in [-0.15, -0.1) is 0 Å². The van der Waals surface area contributed by atoms with Crippen molar-refractivity contribution in [2.75, 3.05) is 5.32 Å². The Kier molecular flexibility index (Phi) is 4.47. The molecule has 2 rings (SSSR count). The lowest BCUT2D eigenvalue weighted by atomic mass is 10.1. The van der Waals surface area contributed by atoms with Crippen molar-refractivity contribution >= 4 is 23.4 Å². The molecule has 1 aromatic rings. The maximum atomic E-state index is 11.6. The van der Waals surface area contributed by atoms with Crippen LogP contribution in [0.2, 0.25) is 0 Å². The molecule has 106 valence electrons. The molecule has 6 nitrogen and oxygen atoms in total. The van der Waals surface area contributed by atoms with Crippen LogP contribution >= 0.6 is 0 Å². The van der Waals surface area contributed by atoms with Gasteiger partial charge in [0.2, 0.25) is 17.7 Å². The smallest absolute Gasteiger partial charge is 0.243 e. The van der Waals surface area contributed by atoms with Crippen LogP contribution in [0.5, 0.6) is 0 Å². The van der Waals surface area contributed by atoms with Crippen LogP contribution in [0.15, 0.2) is 24.3 Å². The molecule has 0 bridgehead atoms. The summed E-state index contributed by atoms with van der Waals surface area (Å²) in [6.07, 6.45) is 0.837. The summed E-state index contributed by atoms with van der Waals surface area (Å²) >= 11 is 0. The summed E-state index contributed by atoms with van der Waals surface area (Å²) in [5, 5.41) is 8.15. The van der Waals surface area contributed by atoms with E-state index in [1.807, 2.05) is 24.3 Å². The largest absolute Gasteiger partial charge is 0.326 e. The number of para-hydroxylation sites is 1. The Hall–Kier alpha value is -2.21. The van der Waals surface area contributed by atoms with Gasteiger partial charge in [-0.3, -0.25) is 19.7 Å². The van der Waals surface area contributed by atoms with Crippen molar-refractivity contribution in [1.82, 2.24) is 10.6 Å². The van der Waals surface area contributed by atoms with E-state index >= 15 is 0 Å². The van der Waals surface area contributed by atoms with E-state index in [2.05, 4.69) is 16.0 Å².